The highest BCUT2D eigenvalue weighted by atomic mass is 16.6. The molecule has 5 atom stereocenters. The number of aliphatic hydroxyl groups is 4. The van der Waals surface area contributed by atoms with Crippen LogP contribution in [0.3, 0.4) is 0 Å². The average molecular weight is 245 g/mol. The molecule has 0 aromatic carbocycles. The van der Waals surface area contributed by atoms with E-state index in [0.29, 0.717) is 0 Å². The van der Waals surface area contributed by atoms with Gasteiger partial charge in [0, 0.05) is 10.3 Å². The van der Waals surface area contributed by atoms with Gasteiger partial charge >= 0.3 is 0 Å². The van der Waals surface area contributed by atoms with Crippen LogP contribution in [-0.2, 0) is 4.74 Å². The Morgan fingerprint density at radius 1 is 1.29 bits per heavy atom. The summed E-state index contributed by atoms with van der Waals surface area (Å²) < 4.78 is 4.99. The van der Waals surface area contributed by atoms with Crippen LogP contribution in [0, 0.1) is 5.41 Å². The molecule has 1 aliphatic heterocycles. The molecule has 96 valence electrons. The summed E-state index contributed by atoms with van der Waals surface area (Å²) >= 11 is 0. The Labute approximate surface area is 97.1 Å². The van der Waals surface area contributed by atoms with Gasteiger partial charge in [-0.1, -0.05) is 19.0 Å². The average Bonchev–Trinajstić information content (AvgIpc) is 2.64. The lowest BCUT2D eigenvalue weighted by atomic mass is 9.99. The van der Waals surface area contributed by atoms with Crippen molar-refractivity contribution in [3.05, 3.63) is 10.4 Å². The molecule has 8 heteroatoms. The first kappa shape index (κ1) is 12.6. The van der Waals surface area contributed by atoms with E-state index in [4.69, 9.17) is 10.3 Å². The number of ether oxygens (including phenoxy) is 1. The first-order chi connectivity index (χ1) is 7.75. The Hall–Kier alpha value is -0.890. The Kier molecular flexibility index (Phi) is 2.45. The van der Waals surface area contributed by atoms with Crippen LogP contribution >= 0.6 is 0 Å². The van der Waals surface area contributed by atoms with Crippen LogP contribution in [0.1, 0.15) is 13.8 Å². The first-order valence-corrected chi connectivity index (χ1v) is 5.22. The molecule has 0 bridgehead atoms. The Morgan fingerprint density at radius 3 is 2.41 bits per heavy atom. The van der Waals surface area contributed by atoms with Crippen molar-refractivity contribution in [2.75, 3.05) is 6.54 Å². The standard InChI is InChI=1S/C9H15N3O5/c1-7(2)8(15)4(3-11-12-10)17-6(14)5(13)9(7,8)16/h4-6,13-16H,3H2,1-2H3/t4-,5+,6?,8-,9+/m1/s1. The minimum Gasteiger partial charge on any atom is -0.385 e. The van der Waals surface area contributed by atoms with E-state index in [-0.39, 0.29) is 6.54 Å². The van der Waals surface area contributed by atoms with Crippen molar-refractivity contribution in [1.29, 1.82) is 0 Å². The van der Waals surface area contributed by atoms with Gasteiger partial charge in [-0.2, -0.15) is 0 Å². The van der Waals surface area contributed by atoms with Crippen LogP contribution in [0.2, 0.25) is 0 Å². The molecule has 1 unspecified atom stereocenters. The zero-order chi connectivity index (χ0) is 13.1. The van der Waals surface area contributed by atoms with Gasteiger partial charge in [-0.05, 0) is 5.53 Å². The number of hydrogen-bond donors (Lipinski definition) is 4. The molecule has 0 aromatic rings. The van der Waals surface area contributed by atoms with Gasteiger partial charge in [0.15, 0.2) is 6.29 Å². The summed E-state index contributed by atoms with van der Waals surface area (Å²) in [5.74, 6) is 0. The minimum absolute atomic E-state index is 0.234. The molecule has 2 aliphatic rings. The summed E-state index contributed by atoms with van der Waals surface area (Å²) in [6, 6.07) is 0. The maximum Gasteiger partial charge on any atom is 0.184 e. The summed E-state index contributed by atoms with van der Waals surface area (Å²) in [6.07, 6.45) is -4.29. The third kappa shape index (κ3) is 1.12. The largest absolute Gasteiger partial charge is 0.385 e. The zero-order valence-corrected chi connectivity index (χ0v) is 9.48. The normalized spacial score (nSPS) is 51.3. The number of aliphatic hydroxyl groups excluding tert-OH is 2. The molecule has 8 nitrogen and oxygen atoms in total. The smallest absolute Gasteiger partial charge is 0.184 e. The van der Waals surface area contributed by atoms with E-state index in [1.165, 1.54) is 0 Å². The fraction of sp³-hybridized carbons (Fsp3) is 1.00. The van der Waals surface area contributed by atoms with Crippen molar-refractivity contribution in [3.8, 4) is 0 Å². The van der Waals surface area contributed by atoms with Crippen LogP contribution in [0.4, 0.5) is 0 Å². The lowest BCUT2D eigenvalue weighted by Gasteiger charge is -2.36. The van der Waals surface area contributed by atoms with E-state index in [1.807, 2.05) is 0 Å². The number of nitrogens with zero attached hydrogens (tertiary/aromatic N) is 3. The summed E-state index contributed by atoms with van der Waals surface area (Å²) in [6.45, 7) is 2.85. The molecule has 0 amide bonds. The summed E-state index contributed by atoms with van der Waals surface area (Å²) in [5.41, 5.74) is 3.57. The van der Waals surface area contributed by atoms with Gasteiger partial charge in [-0.25, -0.2) is 0 Å². The van der Waals surface area contributed by atoms with E-state index in [0.717, 1.165) is 0 Å². The van der Waals surface area contributed by atoms with Gasteiger partial charge in [-0.15, -0.1) is 0 Å². The summed E-state index contributed by atoms with van der Waals surface area (Å²) in [5, 5.41) is 43.1. The van der Waals surface area contributed by atoms with Gasteiger partial charge in [0.1, 0.15) is 17.3 Å². The number of fused-ring (bicyclic) bond motifs is 1. The lowest BCUT2D eigenvalue weighted by molar-refractivity contribution is -0.279. The highest BCUT2D eigenvalue weighted by Gasteiger charge is 2.90. The van der Waals surface area contributed by atoms with Gasteiger partial charge in [0.2, 0.25) is 0 Å². The maximum absolute atomic E-state index is 10.4. The minimum atomic E-state index is -1.87. The SMILES string of the molecule is CC1(C)[C@]2(O)[C@@H](CN=[N+]=[N-])OC(O)[C@H](O)[C@]12O. The molecular formula is C9H15N3O5. The zero-order valence-electron chi connectivity index (χ0n) is 9.48. The van der Waals surface area contributed by atoms with Crippen LogP contribution in [0.15, 0.2) is 5.11 Å². The molecule has 1 saturated heterocycles. The van der Waals surface area contributed by atoms with Crippen molar-refractivity contribution < 1.29 is 25.2 Å². The molecule has 1 saturated carbocycles. The quantitative estimate of drug-likeness (QED) is 0.277. The van der Waals surface area contributed by atoms with Gasteiger partial charge < -0.3 is 25.2 Å². The monoisotopic (exact) mass is 245 g/mol. The van der Waals surface area contributed by atoms with Gasteiger partial charge in [0.25, 0.3) is 0 Å². The molecular weight excluding hydrogens is 230 g/mol. The molecule has 0 spiro atoms. The number of azide groups is 1. The van der Waals surface area contributed by atoms with Gasteiger partial charge in [-0.3, -0.25) is 0 Å². The number of hydrogen-bond acceptors (Lipinski definition) is 6. The molecule has 17 heavy (non-hydrogen) atoms. The van der Waals surface area contributed by atoms with E-state index in [9.17, 15) is 20.4 Å². The Bertz CT molecular complexity index is 396. The van der Waals surface area contributed by atoms with Gasteiger partial charge in [0.05, 0.1) is 12.6 Å². The predicted octanol–water partition coefficient (Wildman–Crippen LogP) is -1.12. The topological polar surface area (TPSA) is 139 Å². The second kappa shape index (κ2) is 3.32. The third-order valence-corrected chi connectivity index (χ3v) is 4.20. The van der Waals surface area contributed by atoms with Crippen molar-refractivity contribution in [2.24, 2.45) is 10.5 Å². The summed E-state index contributed by atoms with van der Waals surface area (Å²) in [7, 11) is 0. The van der Waals surface area contributed by atoms with E-state index in [2.05, 4.69) is 10.0 Å². The molecule has 0 radical (unpaired) electrons. The lowest BCUT2D eigenvalue weighted by Crippen LogP contribution is -2.58. The molecule has 1 heterocycles. The number of rotatable bonds is 2. The summed E-state index contributed by atoms with van der Waals surface area (Å²) in [4.78, 5) is 2.54. The van der Waals surface area contributed by atoms with Crippen molar-refractivity contribution in [2.45, 2.75) is 43.5 Å². The first-order valence-electron chi connectivity index (χ1n) is 5.22. The van der Waals surface area contributed by atoms with Crippen molar-refractivity contribution in [3.63, 3.8) is 0 Å². The maximum atomic E-state index is 10.4. The van der Waals surface area contributed by atoms with Crippen LogP contribution in [0.5, 0.6) is 0 Å². The van der Waals surface area contributed by atoms with E-state index in [1.54, 1.807) is 13.8 Å². The molecule has 0 aromatic heterocycles. The Balaban J connectivity index is 2.37. The van der Waals surface area contributed by atoms with Crippen molar-refractivity contribution in [1.82, 2.24) is 0 Å². The highest BCUT2D eigenvalue weighted by molar-refractivity contribution is 5.38. The second-order valence-corrected chi connectivity index (χ2v) is 5.03. The molecule has 4 N–H and O–H groups in total. The molecule has 2 fully saturated rings. The van der Waals surface area contributed by atoms with Crippen molar-refractivity contribution >= 4 is 0 Å². The highest BCUT2D eigenvalue weighted by Crippen LogP contribution is 2.70. The third-order valence-electron chi connectivity index (χ3n) is 4.20. The molecule has 1 aliphatic carbocycles. The molecule has 2 rings (SSSR count). The van der Waals surface area contributed by atoms with Crippen LogP contribution in [-0.4, -0.2) is 56.7 Å². The predicted molar refractivity (Wildman–Crippen MR) is 54.6 cm³/mol. The van der Waals surface area contributed by atoms with Crippen LogP contribution in [0.25, 0.3) is 10.4 Å². The van der Waals surface area contributed by atoms with E-state index < -0.39 is 35.1 Å². The van der Waals surface area contributed by atoms with E-state index >= 15 is 0 Å². The second-order valence-electron chi connectivity index (χ2n) is 5.03. The fourth-order valence-corrected chi connectivity index (χ4v) is 2.97. The van der Waals surface area contributed by atoms with Crippen LogP contribution < -0.4 is 0 Å². The fourth-order valence-electron chi connectivity index (χ4n) is 2.97. The Morgan fingerprint density at radius 2 is 1.88 bits per heavy atom.